The average molecular weight is 383 g/mol. The lowest BCUT2D eigenvalue weighted by Crippen LogP contribution is -2.43. The molecule has 4 rings (SSSR count). The Hall–Kier alpha value is -2.21. The lowest BCUT2D eigenvalue weighted by Gasteiger charge is -2.36. The molecule has 6 nitrogen and oxygen atoms in total. The Balaban J connectivity index is 1.40. The molecule has 1 N–H and O–H groups in total. The fraction of sp³-hybridized carbons (Fsp3) is 0.591. The summed E-state index contributed by atoms with van der Waals surface area (Å²) in [6.45, 7) is 5.67. The minimum atomic E-state index is -0.0846. The van der Waals surface area contributed by atoms with Gasteiger partial charge in [-0.15, -0.1) is 0 Å². The first-order valence-corrected chi connectivity index (χ1v) is 10.7. The lowest BCUT2D eigenvalue weighted by atomic mass is 9.94. The number of nitrogens with zero attached hydrogens (tertiary/aromatic N) is 3. The first-order chi connectivity index (χ1) is 13.6. The van der Waals surface area contributed by atoms with E-state index in [0.29, 0.717) is 17.1 Å². The highest BCUT2D eigenvalue weighted by molar-refractivity contribution is 5.79. The molecule has 1 atom stereocenters. The van der Waals surface area contributed by atoms with Crippen molar-refractivity contribution in [1.82, 2.24) is 19.8 Å². The summed E-state index contributed by atoms with van der Waals surface area (Å²) < 4.78 is 0. The van der Waals surface area contributed by atoms with E-state index in [0.717, 1.165) is 57.4 Å². The van der Waals surface area contributed by atoms with Crippen molar-refractivity contribution in [3.05, 3.63) is 40.4 Å². The third-order valence-electron chi connectivity index (χ3n) is 6.37. The maximum Gasteiger partial charge on any atom is 0.258 e. The number of aromatic amines is 1. The van der Waals surface area contributed by atoms with Crippen LogP contribution in [0.3, 0.4) is 0 Å². The summed E-state index contributed by atoms with van der Waals surface area (Å²) in [5, 5.41) is 0.625. The number of piperidine rings is 1. The van der Waals surface area contributed by atoms with E-state index >= 15 is 0 Å². The predicted molar refractivity (Wildman–Crippen MR) is 110 cm³/mol. The molecule has 1 amide bonds. The number of carbonyl (C=O) groups excluding carboxylic acids is 1. The second-order valence-corrected chi connectivity index (χ2v) is 8.19. The standard InChI is InChI=1S/C22H30N4O2/c1-16(20-23-19-9-5-4-8-18(19)21(27)24-20)25-14-10-17(11-15-25)22(28)26-12-6-2-3-7-13-26/h4-5,8-9,16-17H,2-3,6-7,10-15H2,1H3,(H,23,24,27). The number of hydrogen-bond acceptors (Lipinski definition) is 4. The van der Waals surface area contributed by atoms with E-state index in [9.17, 15) is 9.59 Å². The molecular formula is C22H30N4O2. The summed E-state index contributed by atoms with van der Waals surface area (Å²) >= 11 is 0. The van der Waals surface area contributed by atoms with Crippen LogP contribution in [-0.4, -0.2) is 51.9 Å². The third-order valence-corrected chi connectivity index (χ3v) is 6.37. The summed E-state index contributed by atoms with van der Waals surface area (Å²) in [5.41, 5.74) is 0.651. The number of hydrogen-bond donors (Lipinski definition) is 1. The van der Waals surface area contributed by atoms with E-state index < -0.39 is 0 Å². The molecule has 2 aliphatic heterocycles. The minimum absolute atomic E-state index is 0.0338. The predicted octanol–water partition coefficient (Wildman–Crippen LogP) is 3.10. The number of fused-ring (bicyclic) bond motifs is 1. The van der Waals surface area contributed by atoms with E-state index in [2.05, 4.69) is 26.7 Å². The zero-order valence-corrected chi connectivity index (χ0v) is 16.7. The Morgan fingerprint density at radius 2 is 1.75 bits per heavy atom. The zero-order valence-electron chi connectivity index (χ0n) is 16.7. The van der Waals surface area contributed by atoms with E-state index in [1.165, 1.54) is 12.8 Å². The van der Waals surface area contributed by atoms with Crippen LogP contribution in [0, 0.1) is 5.92 Å². The highest BCUT2D eigenvalue weighted by Crippen LogP contribution is 2.27. The first kappa shape index (κ1) is 19.1. The van der Waals surface area contributed by atoms with Gasteiger partial charge in [-0.25, -0.2) is 4.98 Å². The van der Waals surface area contributed by atoms with Crippen LogP contribution in [0.1, 0.15) is 57.3 Å². The van der Waals surface area contributed by atoms with Gasteiger partial charge >= 0.3 is 0 Å². The van der Waals surface area contributed by atoms with Crippen molar-refractivity contribution in [2.75, 3.05) is 26.2 Å². The van der Waals surface area contributed by atoms with Crippen LogP contribution >= 0.6 is 0 Å². The molecule has 2 saturated heterocycles. The number of benzene rings is 1. The summed E-state index contributed by atoms with van der Waals surface area (Å²) in [7, 11) is 0. The number of likely N-dealkylation sites (tertiary alicyclic amines) is 2. The second-order valence-electron chi connectivity index (χ2n) is 8.19. The van der Waals surface area contributed by atoms with Gasteiger partial charge in [0.15, 0.2) is 0 Å². The van der Waals surface area contributed by atoms with Gasteiger partial charge in [-0.05, 0) is 57.8 Å². The van der Waals surface area contributed by atoms with E-state index in [1.807, 2.05) is 18.2 Å². The lowest BCUT2D eigenvalue weighted by molar-refractivity contribution is -0.137. The summed E-state index contributed by atoms with van der Waals surface area (Å²) in [6, 6.07) is 7.48. The van der Waals surface area contributed by atoms with Crippen molar-refractivity contribution in [3.8, 4) is 0 Å². The molecule has 0 bridgehead atoms. The SMILES string of the molecule is CC(c1nc2ccccc2c(=O)[nH]1)N1CCC(C(=O)N2CCCCCC2)CC1. The summed E-state index contributed by atoms with van der Waals surface area (Å²) in [4.78, 5) is 37.3. The highest BCUT2D eigenvalue weighted by Gasteiger charge is 2.31. The van der Waals surface area contributed by atoms with Crippen molar-refractivity contribution in [3.63, 3.8) is 0 Å². The Kier molecular flexibility index (Phi) is 5.76. The number of aromatic nitrogens is 2. The molecule has 1 aromatic heterocycles. The number of carbonyl (C=O) groups is 1. The van der Waals surface area contributed by atoms with Crippen LogP contribution in [-0.2, 0) is 4.79 Å². The van der Waals surface area contributed by atoms with Crippen molar-refractivity contribution in [2.45, 2.75) is 51.5 Å². The molecule has 3 heterocycles. The molecule has 2 fully saturated rings. The minimum Gasteiger partial charge on any atom is -0.342 e. The first-order valence-electron chi connectivity index (χ1n) is 10.7. The molecule has 150 valence electrons. The van der Waals surface area contributed by atoms with Crippen LogP contribution in [0.5, 0.6) is 0 Å². The van der Waals surface area contributed by atoms with Gasteiger partial charge in [0.2, 0.25) is 5.91 Å². The molecule has 28 heavy (non-hydrogen) atoms. The van der Waals surface area contributed by atoms with Crippen LogP contribution in [0.25, 0.3) is 10.9 Å². The molecule has 2 aromatic rings. The summed E-state index contributed by atoms with van der Waals surface area (Å²) in [6.07, 6.45) is 6.55. The molecule has 0 radical (unpaired) electrons. The molecular weight excluding hydrogens is 352 g/mol. The number of para-hydroxylation sites is 1. The Labute approximate surface area is 165 Å². The monoisotopic (exact) mass is 382 g/mol. The average Bonchev–Trinajstić information content (AvgIpc) is 3.02. The summed E-state index contributed by atoms with van der Waals surface area (Å²) in [5.74, 6) is 1.21. The highest BCUT2D eigenvalue weighted by atomic mass is 16.2. The Morgan fingerprint density at radius 1 is 1.07 bits per heavy atom. The molecule has 2 aliphatic rings. The Bertz CT molecular complexity index is 877. The second kappa shape index (κ2) is 8.43. The van der Waals surface area contributed by atoms with Crippen LogP contribution in [0.4, 0.5) is 0 Å². The van der Waals surface area contributed by atoms with E-state index in [4.69, 9.17) is 0 Å². The van der Waals surface area contributed by atoms with Gasteiger partial charge in [-0.2, -0.15) is 0 Å². The maximum absolute atomic E-state index is 12.9. The van der Waals surface area contributed by atoms with Crippen LogP contribution < -0.4 is 5.56 Å². The van der Waals surface area contributed by atoms with Crippen molar-refractivity contribution < 1.29 is 4.79 Å². The molecule has 0 saturated carbocycles. The van der Waals surface area contributed by atoms with Crippen LogP contribution in [0.15, 0.2) is 29.1 Å². The number of amides is 1. The smallest absolute Gasteiger partial charge is 0.258 e. The number of rotatable bonds is 3. The van der Waals surface area contributed by atoms with Gasteiger partial charge < -0.3 is 9.88 Å². The number of nitrogens with one attached hydrogen (secondary N) is 1. The third kappa shape index (κ3) is 3.97. The van der Waals surface area contributed by atoms with Crippen LogP contribution in [0.2, 0.25) is 0 Å². The van der Waals surface area contributed by atoms with Gasteiger partial charge in [-0.3, -0.25) is 14.5 Å². The van der Waals surface area contributed by atoms with Gasteiger partial charge in [0, 0.05) is 19.0 Å². The fourth-order valence-corrected chi connectivity index (χ4v) is 4.56. The fourth-order valence-electron chi connectivity index (χ4n) is 4.56. The largest absolute Gasteiger partial charge is 0.342 e. The molecule has 6 heteroatoms. The molecule has 1 unspecified atom stereocenters. The zero-order chi connectivity index (χ0) is 19.5. The number of H-pyrrole nitrogens is 1. The van der Waals surface area contributed by atoms with Gasteiger partial charge in [-0.1, -0.05) is 25.0 Å². The van der Waals surface area contributed by atoms with Gasteiger partial charge in [0.1, 0.15) is 5.82 Å². The Morgan fingerprint density at radius 3 is 2.46 bits per heavy atom. The molecule has 0 aliphatic carbocycles. The quantitative estimate of drug-likeness (QED) is 0.886. The van der Waals surface area contributed by atoms with Crippen molar-refractivity contribution in [2.24, 2.45) is 5.92 Å². The van der Waals surface area contributed by atoms with Gasteiger partial charge in [0.25, 0.3) is 5.56 Å². The molecule has 1 aromatic carbocycles. The molecule has 0 spiro atoms. The normalized spacial score (nSPS) is 20.8. The van der Waals surface area contributed by atoms with Crippen molar-refractivity contribution >= 4 is 16.8 Å². The van der Waals surface area contributed by atoms with E-state index in [1.54, 1.807) is 6.07 Å². The van der Waals surface area contributed by atoms with Crippen molar-refractivity contribution in [1.29, 1.82) is 0 Å². The maximum atomic E-state index is 12.9. The topological polar surface area (TPSA) is 69.3 Å². The van der Waals surface area contributed by atoms with Gasteiger partial charge in [0.05, 0.1) is 16.9 Å². The van der Waals surface area contributed by atoms with E-state index in [-0.39, 0.29) is 17.5 Å².